The maximum Gasteiger partial charge on any atom is 0.258 e. The van der Waals surface area contributed by atoms with Gasteiger partial charge in [0.25, 0.3) is 5.91 Å². The number of anilines is 1. The first kappa shape index (κ1) is 15.9. The highest BCUT2D eigenvalue weighted by molar-refractivity contribution is 6.06. The summed E-state index contributed by atoms with van der Waals surface area (Å²) in [6.45, 7) is 8.34. The summed E-state index contributed by atoms with van der Waals surface area (Å²) in [5, 5.41) is 0. The zero-order chi connectivity index (χ0) is 16.2. The van der Waals surface area contributed by atoms with Gasteiger partial charge in [0, 0.05) is 42.5 Å². The van der Waals surface area contributed by atoms with Gasteiger partial charge in [0.05, 0.1) is 0 Å². The van der Waals surface area contributed by atoms with Crippen molar-refractivity contribution in [3.63, 3.8) is 0 Å². The standard InChI is InChI=1S/C17H21N3O2/c1-5-20(14-7-9-18-10-8-14)16(21)13-6-11-19-15(12-13)22-17(2,3)4/h6-12H,5H2,1-4H3. The normalized spacial score (nSPS) is 11.1. The number of rotatable bonds is 4. The number of hydrogen-bond donors (Lipinski definition) is 0. The number of carbonyl (C=O) groups excluding carboxylic acids is 1. The Morgan fingerprint density at radius 3 is 2.45 bits per heavy atom. The van der Waals surface area contributed by atoms with E-state index < -0.39 is 0 Å². The number of carbonyl (C=O) groups is 1. The largest absolute Gasteiger partial charge is 0.472 e. The van der Waals surface area contributed by atoms with E-state index in [9.17, 15) is 4.79 Å². The first-order chi connectivity index (χ1) is 10.4. The number of nitrogens with zero attached hydrogens (tertiary/aromatic N) is 3. The Hall–Kier alpha value is -2.43. The van der Waals surface area contributed by atoms with Crippen LogP contribution in [0.1, 0.15) is 38.1 Å². The van der Waals surface area contributed by atoms with Gasteiger partial charge < -0.3 is 9.64 Å². The quantitative estimate of drug-likeness (QED) is 0.869. The molecule has 22 heavy (non-hydrogen) atoms. The van der Waals surface area contributed by atoms with E-state index in [0.29, 0.717) is 18.0 Å². The maximum absolute atomic E-state index is 12.7. The Labute approximate surface area is 131 Å². The van der Waals surface area contributed by atoms with Crippen molar-refractivity contribution >= 4 is 11.6 Å². The highest BCUT2D eigenvalue weighted by Gasteiger charge is 2.18. The average Bonchev–Trinajstić information content (AvgIpc) is 2.47. The van der Waals surface area contributed by atoms with Gasteiger partial charge >= 0.3 is 0 Å². The minimum atomic E-state index is -0.357. The molecule has 0 fully saturated rings. The first-order valence-electron chi connectivity index (χ1n) is 7.27. The number of amides is 1. The summed E-state index contributed by atoms with van der Waals surface area (Å²) >= 11 is 0. The maximum atomic E-state index is 12.7. The molecular formula is C17H21N3O2. The highest BCUT2D eigenvalue weighted by atomic mass is 16.5. The smallest absolute Gasteiger partial charge is 0.258 e. The summed E-state index contributed by atoms with van der Waals surface area (Å²) in [6, 6.07) is 7.00. The molecule has 0 atom stereocenters. The van der Waals surface area contributed by atoms with E-state index in [2.05, 4.69) is 9.97 Å². The van der Waals surface area contributed by atoms with E-state index in [1.807, 2.05) is 39.8 Å². The van der Waals surface area contributed by atoms with Crippen LogP contribution < -0.4 is 9.64 Å². The van der Waals surface area contributed by atoms with Crippen LogP contribution in [0, 0.1) is 0 Å². The predicted octanol–water partition coefficient (Wildman–Crippen LogP) is 3.32. The van der Waals surface area contributed by atoms with Crippen molar-refractivity contribution in [2.24, 2.45) is 0 Å². The first-order valence-corrected chi connectivity index (χ1v) is 7.27. The minimum Gasteiger partial charge on any atom is -0.472 e. The molecule has 5 heteroatoms. The molecule has 0 bridgehead atoms. The lowest BCUT2D eigenvalue weighted by Gasteiger charge is -2.22. The fraction of sp³-hybridized carbons (Fsp3) is 0.353. The molecular weight excluding hydrogens is 278 g/mol. The average molecular weight is 299 g/mol. The summed E-state index contributed by atoms with van der Waals surface area (Å²) in [5.41, 5.74) is 1.01. The van der Waals surface area contributed by atoms with Crippen LogP contribution in [-0.2, 0) is 0 Å². The topological polar surface area (TPSA) is 55.3 Å². The molecule has 2 heterocycles. The Kier molecular flexibility index (Phi) is 4.75. The van der Waals surface area contributed by atoms with Crippen LogP contribution in [0.5, 0.6) is 5.88 Å². The van der Waals surface area contributed by atoms with Crippen molar-refractivity contribution in [3.05, 3.63) is 48.4 Å². The molecule has 0 radical (unpaired) electrons. The van der Waals surface area contributed by atoms with Gasteiger partial charge in [-0.25, -0.2) is 4.98 Å². The SMILES string of the molecule is CCN(C(=O)c1ccnc(OC(C)(C)C)c1)c1ccncc1. The molecule has 0 spiro atoms. The van der Waals surface area contributed by atoms with E-state index in [4.69, 9.17) is 4.74 Å². The van der Waals surface area contributed by atoms with E-state index >= 15 is 0 Å². The van der Waals surface area contributed by atoms with E-state index in [1.54, 1.807) is 35.6 Å². The predicted molar refractivity (Wildman–Crippen MR) is 86.2 cm³/mol. The van der Waals surface area contributed by atoms with Crippen LogP contribution in [0.15, 0.2) is 42.9 Å². The molecule has 5 nitrogen and oxygen atoms in total. The lowest BCUT2D eigenvalue weighted by Crippen LogP contribution is -2.31. The molecule has 0 aromatic carbocycles. The van der Waals surface area contributed by atoms with Crippen LogP contribution in [-0.4, -0.2) is 28.0 Å². The molecule has 0 aliphatic heterocycles. The molecule has 0 aliphatic carbocycles. The number of aromatic nitrogens is 2. The number of ether oxygens (including phenoxy) is 1. The second-order valence-electron chi connectivity index (χ2n) is 5.85. The molecule has 0 saturated heterocycles. The van der Waals surface area contributed by atoms with Gasteiger partial charge in [-0.05, 0) is 45.9 Å². The fourth-order valence-electron chi connectivity index (χ4n) is 2.04. The Bertz CT molecular complexity index is 636. The fourth-order valence-corrected chi connectivity index (χ4v) is 2.04. The highest BCUT2D eigenvalue weighted by Crippen LogP contribution is 2.20. The van der Waals surface area contributed by atoms with Crippen LogP contribution in [0.3, 0.4) is 0 Å². The van der Waals surface area contributed by atoms with Crippen molar-refractivity contribution in [3.8, 4) is 5.88 Å². The van der Waals surface area contributed by atoms with Crippen LogP contribution in [0.2, 0.25) is 0 Å². The van der Waals surface area contributed by atoms with Crippen molar-refractivity contribution in [1.82, 2.24) is 9.97 Å². The molecule has 0 aliphatic rings. The molecule has 0 N–H and O–H groups in total. The van der Waals surface area contributed by atoms with Gasteiger partial charge in [-0.15, -0.1) is 0 Å². The van der Waals surface area contributed by atoms with Gasteiger partial charge in [0.2, 0.25) is 5.88 Å². The van der Waals surface area contributed by atoms with Gasteiger partial charge in [-0.3, -0.25) is 9.78 Å². The summed E-state index contributed by atoms with van der Waals surface area (Å²) in [4.78, 5) is 22.6. The molecule has 0 unspecified atom stereocenters. The summed E-state index contributed by atoms with van der Waals surface area (Å²) < 4.78 is 5.72. The van der Waals surface area contributed by atoms with Crippen LogP contribution in [0.4, 0.5) is 5.69 Å². The van der Waals surface area contributed by atoms with Crippen molar-refractivity contribution in [2.45, 2.75) is 33.3 Å². The summed E-state index contributed by atoms with van der Waals surface area (Å²) in [7, 11) is 0. The van der Waals surface area contributed by atoms with Gasteiger partial charge in [0.1, 0.15) is 5.60 Å². The van der Waals surface area contributed by atoms with Crippen molar-refractivity contribution in [2.75, 3.05) is 11.4 Å². The zero-order valence-corrected chi connectivity index (χ0v) is 13.4. The van der Waals surface area contributed by atoms with E-state index in [1.165, 1.54) is 0 Å². The third kappa shape index (κ3) is 4.04. The second-order valence-corrected chi connectivity index (χ2v) is 5.85. The van der Waals surface area contributed by atoms with Crippen molar-refractivity contribution in [1.29, 1.82) is 0 Å². The van der Waals surface area contributed by atoms with Crippen LogP contribution in [0.25, 0.3) is 0 Å². The van der Waals surface area contributed by atoms with E-state index in [0.717, 1.165) is 5.69 Å². The third-order valence-corrected chi connectivity index (χ3v) is 2.93. The van der Waals surface area contributed by atoms with Gasteiger partial charge in [-0.2, -0.15) is 0 Å². The van der Waals surface area contributed by atoms with E-state index in [-0.39, 0.29) is 11.5 Å². The lowest BCUT2D eigenvalue weighted by molar-refractivity contribution is 0.0983. The Morgan fingerprint density at radius 2 is 1.86 bits per heavy atom. The second kappa shape index (κ2) is 6.56. The monoisotopic (exact) mass is 299 g/mol. The zero-order valence-electron chi connectivity index (χ0n) is 13.4. The molecule has 1 amide bonds. The number of pyridine rings is 2. The molecule has 2 aromatic heterocycles. The van der Waals surface area contributed by atoms with Crippen LogP contribution >= 0.6 is 0 Å². The minimum absolute atomic E-state index is 0.0881. The van der Waals surface area contributed by atoms with Crippen molar-refractivity contribution < 1.29 is 9.53 Å². The molecule has 2 rings (SSSR count). The molecule has 0 saturated carbocycles. The Morgan fingerprint density at radius 1 is 1.18 bits per heavy atom. The van der Waals surface area contributed by atoms with Gasteiger partial charge in [0.15, 0.2) is 0 Å². The van der Waals surface area contributed by atoms with Gasteiger partial charge in [-0.1, -0.05) is 0 Å². The summed E-state index contributed by atoms with van der Waals surface area (Å²) in [6.07, 6.45) is 4.94. The molecule has 2 aromatic rings. The number of hydrogen-bond acceptors (Lipinski definition) is 4. The Balaban J connectivity index is 2.27. The molecule has 116 valence electrons. The third-order valence-electron chi connectivity index (χ3n) is 2.93. The lowest BCUT2D eigenvalue weighted by atomic mass is 10.2. The summed E-state index contributed by atoms with van der Waals surface area (Å²) in [5.74, 6) is 0.360.